The van der Waals surface area contributed by atoms with E-state index in [1.54, 1.807) is 47.7 Å². The van der Waals surface area contributed by atoms with Gasteiger partial charge in [-0.05, 0) is 54.1 Å². The van der Waals surface area contributed by atoms with E-state index in [1.165, 1.54) is 0 Å². The molecule has 1 amide bonds. The van der Waals surface area contributed by atoms with Gasteiger partial charge < -0.3 is 5.32 Å². The van der Waals surface area contributed by atoms with Crippen molar-refractivity contribution in [2.75, 3.05) is 11.1 Å². The Labute approximate surface area is 183 Å². The minimum absolute atomic E-state index is 0.261. The average molecular weight is 448 g/mol. The molecule has 4 aromatic rings. The lowest BCUT2D eigenvalue weighted by Crippen LogP contribution is -2.23. The first-order valence-electron chi connectivity index (χ1n) is 9.37. The molecule has 3 aromatic carbocycles. The van der Waals surface area contributed by atoms with Crippen LogP contribution in [0.4, 0.5) is 5.69 Å². The summed E-state index contributed by atoms with van der Waals surface area (Å²) in [5, 5.41) is 12.3. The normalized spacial score (nSPS) is 11.2. The molecular formula is C23H17N3O3S2. The molecule has 0 saturated heterocycles. The zero-order valence-electron chi connectivity index (χ0n) is 16.3. The first kappa shape index (κ1) is 20.7. The maximum Gasteiger partial charge on any atom is 0.239 e. The minimum Gasteiger partial charge on any atom is -0.325 e. The Morgan fingerprint density at radius 1 is 1.00 bits per heavy atom. The smallest absolute Gasteiger partial charge is 0.239 e. The van der Waals surface area contributed by atoms with Gasteiger partial charge in [-0.15, -0.1) is 11.3 Å². The number of carbonyl (C=O) groups is 1. The summed E-state index contributed by atoms with van der Waals surface area (Å²) in [5.41, 5.74) is 3.36. The second kappa shape index (κ2) is 8.68. The molecule has 1 heterocycles. The van der Waals surface area contributed by atoms with Crippen LogP contribution in [-0.2, 0) is 20.4 Å². The molecule has 0 fully saturated rings. The molecule has 1 aromatic heterocycles. The number of carbonyl (C=O) groups excluding carboxylic acids is 1. The average Bonchev–Trinajstić information content (AvgIpc) is 3.18. The van der Waals surface area contributed by atoms with Crippen LogP contribution in [-0.4, -0.2) is 25.1 Å². The number of benzene rings is 3. The van der Waals surface area contributed by atoms with E-state index in [0.717, 1.165) is 20.8 Å². The zero-order valence-corrected chi connectivity index (χ0v) is 17.9. The number of nitrogens with zero attached hydrogens (tertiary/aromatic N) is 2. The third kappa shape index (κ3) is 5.15. The number of nitrogens with one attached hydrogen (secondary N) is 1. The number of nitriles is 1. The Kier molecular flexibility index (Phi) is 5.80. The number of aromatic nitrogens is 1. The van der Waals surface area contributed by atoms with Crippen LogP contribution in [0.2, 0.25) is 0 Å². The van der Waals surface area contributed by atoms with Crippen LogP contribution in [0.3, 0.4) is 0 Å². The minimum atomic E-state index is -3.64. The second-order valence-electron chi connectivity index (χ2n) is 6.95. The first-order valence-corrected chi connectivity index (χ1v) is 12.0. The van der Waals surface area contributed by atoms with Crippen LogP contribution in [0.25, 0.3) is 20.8 Å². The van der Waals surface area contributed by atoms with Crippen molar-refractivity contribution in [1.29, 1.82) is 5.26 Å². The third-order valence-corrected chi connectivity index (χ3v) is 7.09. The van der Waals surface area contributed by atoms with Crippen LogP contribution in [0.15, 0.2) is 72.8 Å². The molecule has 0 spiro atoms. The van der Waals surface area contributed by atoms with Gasteiger partial charge in [-0.1, -0.05) is 24.3 Å². The van der Waals surface area contributed by atoms with E-state index in [0.29, 0.717) is 16.8 Å². The molecule has 0 unspecified atom stereocenters. The summed E-state index contributed by atoms with van der Waals surface area (Å²) < 4.78 is 25.8. The lowest BCUT2D eigenvalue weighted by molar-refractivity contribution is -0.113. The summed E-state index contributed by atoms with van der Waals surface area (Å²) >= 11 is 1.59. The highest BCUT2D eigenvalue weighted by Crippen LogP contribution is 2.30. The van der Waals surface area contributed by atoms with Gasteiger partial charge in [0.1, 0.15) is 10.8 Å². The van der Waals surface area contributed by atoms with E-state index in [9.17, 15) is 13.2 Å². The van der Waals surface area contributed by atoms with Crippen molar-refractivity contribution >= 4 is 43.0 Å². The molecule has 0 atom stereocenters. The monoisotopic (exact) mass is 447 g/mol. The second-order valence-corrected chi connectivity index (χ2v) is 10.0. The molecule has 6 nitrogen and oxygen atoms in total. The number of hydrogen-bond acceptors (Lipinski definition) is 6. The molecule has 0 radical (unpaired) electrons. The molecule has 1 N–H and O–H groups in total. The van der Waals surface area contributed by atoms with Gasteiger partial charge in [0, 0.05) is 11.3 Å². The van der Waals surface area contributed by atoms with Crippen molar-refractivity contribution in [1.82, 2.24) is 4.98 Å². The van der Waals surface area contributed by atoms with Crippen molar-refractivity contribution in [2.45, 2.75) is 5.75 Å². The standard InChI is InChI=1S/C23H17N3O3S2/c24-13-16-5-7-17(8-6-16)14-31(28,29)15-22(27)25-19-11-9-18(10-12-19)23-26-20-3-1-2-4-21(20)30-23/h1-12H,14-15H2,(H,25,27). The van der Waals surface area contributed by atoms with Crippen molar-refractivity contribution < 1.29 is 13.2 Å². The first-order chi connectivity index (χ1) is 14.9. The lowest BCUT2D eigenvalue weighted by atomic mass is 10.2. The Morgan fingerprint density at radius 3 is 2.39 bits per heavy atom. The Hall–Kier alpha value is -3.54. The molecule has 0 aliphatic carbocycles. The number of para-hydroxylation sites is 1. The van der Waals surface area contributed by atoms with Crippen molar-refractivity contribution in [2.24, 2.45) is 0 Å². The number of rotatable bonds is 6. The summed E-state index contributed by atoms with van der Waals surface area (Å²) in [5.74, 6) is -1.48. The van der Waals surface area contributed by atoms with Crippen LogP contribution in [0.1, 0.15) is 11.1 Å². The van der Waals surface area contributed by atoms with Gasteiger partial charge in [0.05, 0.1) is 27.6 Å². The van der Waals surface area contributed by atoms with Crippen LogP contribution >= 0.6 is 11.3 Å². The maximum absolute atomic E-state index is 12.3. The number of fused-ring (bicyclic) bond motifs is 1. The SMILES string of the molecule is N#Cc1ccc(CS(=O)(=O)CC(=O)Nc2ccc(-c3nc4ccccc4s3)cc2)cc1. The predicted molar refractivity (Wildman–Crippen MR) is 122 cm³/mol. The lowest BCUT2D eigenvalue weighted by Gasteiger charge is -2.07. The molecular weight excluding hydrogens is 430 g/mol. The van der Waals surface area contributed by atoms with Crippen molar-refractivity contribution in [3.63, 3.8) is 0 Å². The molecule has 31 heavy (non-hydrogen) atoms. The third-order valence-electron chi connectivity index (χ3n) is 4.53. The number of anilines is 1. The highest BCUT2D eigenvalue weighted by Gasteiger charge is 2.18. The molecule has 4 rings (SSSR count). The Balaban J connectivity index is 1.39. The molecule has 8 heteroatoms. The number of sulfone groups is 1. The summed E-state index contributed by atoms with van der Waals surface area (Å²) in [4.78, 5) is 16.9. The van der Waals surface area contributed by atoms with E-state index >= 15 is 0 Å². The Morgan fingerprint density at radius 2 is 1.71 bits per heavy atom. The van der Waals surface area contributed by atoms with Gasteiger partial charge in [0.25, 0.3) is 0 Å². The van der Waals surface area contributed by atoms with E-state index in [1.807, 2.05) is 42.5 Å². The predicted octanol–water partition coefficient (Wildman–Crippen LogP) is 4.39. The number of thiazole rings is 1. The van der Waals surface area contributed by atoms with Crippen molar-refractivity contribution in [3.05, 3.63) is 83.9 Å². The summed E-state index contributed by atoms with van der Waals surface area (Å²) in [6.07, 6.45) is 0. The number of hydrogen-bond donors (Lipinski definition) is 1. The van der Waals surface area contributed by atoms with Gasteiger partial charge in [-0.25, -0.2) is 13.4 Å². The van der Waals surface area contributed by atoms with Gasteiger partial charge in [0.15, 0.2) is 9.84 Å². The fourth-order valence-corrected chi connectivity index (χ4v) is 5.31. The highest BCUT2D eigenvalue weighted by molar-refractivity contribution is 7.91. The van der Waals surface area contributed by atoms with Gasteiger partial charge in [-0.3, -0.25) is 4.79 Å². The van der Waals surface area contributed by atoms with E-state index < -0.39 is 21.5 Å². The summed E-state index contributed by atoms with van der Waals surface area (Å²) in [6.45, 7) is 0. The van der Waals surface area contributed by atoms with Crippen LogP contribution < -0.4 is 5.32 Å². The van der Waals surface area contributed by atoms with E-state index in [-0.39, 0.29) is 5.75 Å². The topological polar surface area (TPSA) is 99.9 Å². The fourth-order valence-electron chi connectivity index (χ4n) is 3.07. The van der Waals surface area contributed by atoms with Gasteiger partial charge >= 0.3 is 0 Å². The van der Waals surface area contributed by atoms with Gasteiger partial charge in [0.2, 0.25) is 5.91 Å². The summed E-state index contributed by atoms with van der Waals surface area (Å²) in [7, 11) is -3.64. The summed E-state index contributed by atoms with van der Waals surface area (Å²) in [6, 6.07) is 23.3. The zero-order chi connectivity index (χ0) is 21.8. The molecule has 0 aliphatic heterocycles. The molecule has 0 bridgehead atoms. The van der Waals surface area contributed by atoms with Crippen LogP contribution in [0.5, 0.6) is 0 Å². The maximum atomic E-state index is 12.3. The van der Waals surface area contributed by atoms with E-state index in [4.69, 9.17) is 5.26 Å². The fraction of sp³-hybridized carbons (Fsp3) is 0.0870. The van der Waals surface area contributed by atoms with Gasteiger partial charge in [-0.2, -0.15) is 5.26 Å². The largest absolute Gasteiger partial charge is 0.325 e. The number of amides is 1. The molecule has 154 valence electrons. The quantitative estimate of drug-likeness (QED) is 0.473. The van der Waals surface area contributed by atoms with Crippen molar-refractivity contribution in [3.8, 4) is 16.6 Å². The van der Waals surface area contributed by atoms with E-state index in [2.05, 4.69) is 10.3 Å². The molecule has 0 saturated carbocycles. The Bertz CT molecular complexity index is 1350. The molecule has 0 aliphatic rings. The van der Waals surface area contributed by atoms with Crippen LogP contribution in [0, 0.1) is 11.3 Å². The highest BCUT2D eigenvalue weighted by atomic mass is 32.2.